The van der Waals surface area contributed by atoms with Gasteiger partial charge in [0.05, 0.1) is 29.4 Å². The molecule has 1 aromatic carbocycles. The van der Waals surface area contributed by atoms with E-state index in [1.54, 1.807) is 7.11 Å². The lowest BCUT2D eigenvalue weighted by Gasteiger charge is -2.10. The van der Waals surface area contributed by atoms with Gasteiger partial charge in [0.2, 0.25) is 0 Å². The number of rotatable bonds is 3. The van der Waals surface area contributed by atoms with Gasteiger partial charge in [0.25, 0.3) is 0 Å². The Balaban J connectivity index is 2.31. The molecule has 1 atom stereocenters. The maximum atomic E-state index is 5.29. The van der Waals surface area contributed by atoms with Crippen LogP contribution < -0.4 is 0 Å². The van der Waals surface area contributed by atoms with Crippen molar-refractivity contribution in [2.45, 2.75) is 26.9 Å². The summed E-state index contributed by atoms with van der Waals surface area (Å²) < 4.78 is 5.29. The summed E-state index contributed by atoms with van der Waals surface area (Å²) in [5.74, 6) is 0. The van der Waals surface area contributed by atoms with Gasteiger partial charge >= 0.3 is 0 Å². The number of hydrogen-bond donors (Lipinski definition) is 0. The van der Waals surface area contributed by atoms with Crippen molar-refractivity contribution in [3.05, 3.63) is 47.4 Å². The molecule has 0 aliphatic heterocycles. The Morgan fingerprint density at radius 3 is 2.28 bits per heavy atom. The number of aromatic nitrogens is 2. The van der Waals surface area contributed by atoms with Gasteiger partial charge in [-0.3, -0.25) is 4.98 Å². The second-order valence-electron chi connectivity index (χ2n) is 4.43. The van der Waals surface area contributed by atoms with Gasteiger partial charge in [-0.1, -0.05) is 24.3 Å². The van der Waals surface area contributed by atoms with E-state index in [4.69, 9.17) is 4.74 Å². The molecule has 1 heterocycles. The average molecular weight is 242 g/mol. The van der Waals surface area contributed by atoms with Crippen LogP contribution in [0.15, 0.2) is 30.5 Å². The first-order chi connectivity index (χ1) is 8.61. The summed E-state index contributed by atoms with van der Waals surface area (Å²) in [5.41, 5.74) is 5.11. The number of nitrogens with zero attached hydrogens (tertiary/aromatic N) is 2. The topological polar surface area (TPSA) is 35.0 Å². The lowest BCUT2D eigenvalue weighted by atomic mass is 10.1. The summed E-state index contributed by atoms with van der Waals surface area (Å²) in [6, 6.07) is 8.26. The molecule has 0 radical (unpaired) electrons. The lowest BCUT2D eigenvalue weighted by Crippen LogP contribution is -1.96. The quantitative estimate of drug-likeness (QED) is 0.826. The molecule has 1 aromatic heterocycles. The minimum Gasteiger partial charge on any atom is -0.377 e. The lowest BCUT2D eigenvalue weighted by molar-refractivity contribution is 0.119. The number of methoxy groups -OCH3 is 1. The third-order valence-corrected chi connectivity index (χ3v) is 3.22. The molecule has 0 N–H and O–H groups in total. The zero-order chi connectivity index (χ0) is 13.1. The highest BCUT2D eigenvalue weighted by atomic mass is 16.5. The average Bonchev–Trinajstić information content (AvgIpc) is 2.41. The van der Waals surface area contributed by atoms with Crippen molar-refractivity contribution in [3.8, 4) is 11.3 Å². The number of hydrogen-bond acceptors (Lipinski definition) is 3. The van der Waals surface area contributed by atoms with E-state index >= 15 is 0 Å². The molecular formula is C15H18N2O. The monoisotopic (exact) mass is 242 g/mol. The van der Waals surface area contributed by atoms with E-state index in [-0.39, 0.29) is 6.10 Å². The van der Waals surface area contributed by atoms with E-state index < -0.39 is 0 Å². The molecule has 0 saturated carbocycles. The Morgan fingerprint density at radius 2 is 1.72 bits per heavy atom. The summed E-state index contributed by atoms with van der Waals surface area (Å²) in [4.78, 5) is 8.89. The Hall–Kier alpha value is -1.74. The largest absolute Gasteiger partial charge is 0.377 e. The molecule has 94 valence electrons. The van der Waals surface area contributed by atoms with Crippen molar-refractivity contribution in [2.24, 2.45) is 0 Å². The predicted octanol–water partition coefficient (Wildman–Crippen LogP) is 3.47. The standard InChI is InChI=1S/C15H18N2O/c1-10-11(2)17-15(9-16-10)14-7-5-13(6-8-14)12(3)18-4/h5-9,12H,1-4H3. The fraction of sp³-hybridized carbons (Fsp3) is 0.333. The molecule has 3 nitrogen and oxygen atoms in total. The van der Waals surface area contributed by atoms with Crippen molar-refractivity contribution in [1.29, 1.82) is 0 Å². The smallest absolute Gasteiger partial charge is 0.0888 e. The summed E-state index contributed by atoms with van der Waals surface area (Å²) in [6.45, 7) is 5.98. The number of aryl methyl sites for hydroxylation is 2. The molecule has 0 amide bonds. The first-order valence-corrected chi connectivity index (χ1v) is 6.05. The summed E-state index contributed by atoms with van der Waals surface area (Å²) >= 11 is 0. The van der Waals surface area contributed by atoms with Crippen molar-refractivity contribution in [3.63, 3.8) is 0 Å². The second-order valence-corrected chi connectivity index (χ2v) is 4.43. The maximum absolute atomic E-state index is 5.29. The second kappa shape index (κ2) is 5.27. The minimum atomic E-state index is 0.116. The van der Waals surface area contributed by atoms with Gasteiger partial charge in [-0.25, -0.2) is 4.98 Å². The fourth-order valence-electron chi connectivity index (χ4n) is 1.74. The van der Waals surface area contributed by atoms with Gasteiger partial charge < -0.3 is 4.74 Å². The van der Waals surface area contributed by atoms with E-state index in [1.807, 2.05) is 27.0 Å². The van der Waals surface area contributed by atoms with Gasteiger partial charge in [-0.2, -0.15) is 0 Å². The van der Waals surface area contributed by atoms with Crippen LogP contribution in [0, 0.1) is 13.8 Å². The van der Waals surface area contributed by atoms with Crippen LogP contribution in [-0.4, -0.2) is 17.1 Å². The fourth-order valence-corrected chi connectivity index (χ4v) is 1.74. The van der Waals surface area contributed by atoms with Crippen molar-refractivity contribution in [2.75, 3.05) is 7.11 Å². The maximum Gasteiger partial charge on any atom is 0.0888 e. The minimum absolute atomic E-state index is 0.116. The number of benzene rings is 1. The van der Waals surface area contributed by atoms with Crippen molar-refractivity contribution in [1.82, 2.24) is 9.97 Å². The molecule has 0 aliphatic carbocycles. The summed E-state index contributed by atoms with van der Waals surface area (Å²) in [7, 11) is 1.72. The van der Waals surface area contributed by atoms with E-state index in [0.717, 1.165) is 28.2 Å². The molecule has 0 bridgehead atoms. The van der Waals surface area contributed by atoms with Crippen LogP contribution in [0.4, 0.5) is 0 Å². The summed E-state index contributed by atoms with van der Waals surface area (Å²) in [5, 5.41) is 0. The third-order valence-electron chi connectivity index (χ3n) is 3.22. The molecular weight excluding hydrogens is 224 g/mol. The molecule has 0 saturated heterocycles. The van der Waals surface area contributed by atoms with E-state index in [9.17, 15) is 0 Å². The van der Waals surface area contributed by atoms with Gasteiger partial charge in [0.1, 0.15) is 0 Å². The van der Waals surface area contributed by atoms with Crippen molar-refractivity contribution < 1.29 is 4.74 Å². The van der Waals surface area contributed by atoms with Gasteiger partial charge in [0.15, 0.2) is 0 Å². The third kappa shape index (κ3) is 2.57. The Bertz CT molecular complexity index is 535. The highest BCUT2D eigenvalue weighted by molar-refractivity contribution is 5.58. The Labute approximate surface area is 108 Å². The highest BCUT2D eigenvalue weighted by Gasteiger charge is 2.06. The van der Waals surface area contributed by atoms with Crippen LogP contribution in [0.5, 0.6) is 0 Å². The van der Waals surface area contributed by atoms with Crippen LogP contribution in [0.1, 0.15) is 30.0 Å². The van der Waals surface area contributed by atoms with Crippen LogP contribution in [-0.2, 0) is 4.74 Å². The molecule has 0 fully saturated rings. The van der Waals surface area contributed by atoms with Gasteiger partial charge in [-0.05, 0) is 26.3 Å². The van der Waals surface area contributed by atoms with Crippen molar-refractivity contribution >= 4 is 0 Å². The zero-order valence-corrected chi connectivity index (χ0v) is 11.3. The van der Waals surface area contributed by atoms with E-state index in [0.29, 0.717) is 0 Å². The normalized spacial score (nSPS) is 12.4. The molecule has 18 heavy (non-hydrogen) atoms. The zero-order valence-electron chi connectivity index (χ0n) is 11.3. The van der Waals surface area contributed by atoms with Crippen LogP contribution in [0.25, 0.3) is 11.3 Å². The van der Waals surface area contributed by atoms with Gasteiger partial charge in [-0.15, -0.1) is 0 Å². The highest BCUT2D eigenvalue weighted by Crippen LogP contribution is 2.21. The van der Waals surface area contributed by atoms with Crippen LogP contribution >= 0.6 is 0 Å². The molecule has 0 aliphatic rings. The first kappa shape index (κ1) is 12.7. The molecule has 2 aromatic rings. The van der Waals surface area contributed by atoms with E-state index in [2.05, 4.69) is 34.2 Å². The Morgan fingerprint density at radius 1 is 1.06 bits per heavy atom. The molecule has 2 rings (SSSR count). The molecule has 0 spiro atoms. The molecule has 1 unspecified atom stereocenters. The first-order valence-electron chi connectivity index (χ1n) is 6.05. The SMILES string of the molecule is COC(C)c1ccc(-c2cnc(C)c(C)n2)cc1. The Kier molecular flexibility index (Phi) is 3.72. The predicted molar refractivity (Wildman–Crippen MR) is 72.4 cm³/mol. The molecule has 3 heteroatoms. The van der Waals surface area contributed by atoms with Crippen LogP contribution in [0.3, 0.4) is 0 Å². The van der Waals surface area contributed by atoms with Crippen LogP contribution in [0.2, 0.25) is 0 Å². The number of ether oxygens (including phenoxy) is 1. The summed E-state index contributed by atoms with van der Waals surface area (Å²) in [6.07, 6.45) is 1.93. The van der Waals surface area contributed by atoms with Gasteiger partial charge in [0, 0.05) is 12.7 Å². The van der Waals surface area contributed by atoms with E-state index in [1.165, 1.54) is 0 Å².